The average Bonchev–Trinajstić information content (AvgIpc) is 3.00. The number of carbonyl (C=O) groups is 3. The Morgan fingerprint density at radius 1 is 1.14 bits per heavy atom. The van der Waals surface area contributed by atoms with Gasteiger partial charge in [-0.3, -0.25) is 9.69 Å². The number of sulfonamides is 1. The first-order valence-electron chi connectivity index (χ1n) is 9.04. The van der Waals surface area contributed by atoms with Crippen molar-refractivity contribution in [3.63, 3.8) is 0 Å². The van der Waals surface area contributed by atoms with Gasteiger partial charge in [-0.1, -0.05) is 0 Å². The number of nitrogens with zero attached hydrogens (tertiary/aromatic N) is 3. The molecule has 0 radical (unpaired) electrons. The van der Waals surface area contributed by atoms with Crippen LogP contribution in [-0.2, 0) is 19.6 Å². The Kier molecular flexibility index (Phi) is 5.80. The van der Waals surface area contributed by atoms with Crippen LogP contribution < -0.4 is 4.74 Å². The van der Waals surface area contributed by atoms with Gasteiger partial charge in [-0.25, -0.2) is 18.0 Å². The summed E-state index contributed by atoms with van der Waals surface area (Å²) in [5.74, 6) is -0.791. The largest absolute Gasteiger partial charge is 0.495 e. The maximum atomic E-state index is 13.2. The van der Waals surface area contributed by atoms with Gasteiger partial charge in [0.05, 0.1) is 19.8 Å². The van der Waals surface area contributed by atoms with Crippen molar-refractivity contribution in [1.29, 1.82) is 0 Å². The van der Waals surface area contributed by atoms with Gasteiger partial charge in [0.25, 0.3) is 0 Å². The number of urea groups is 1. The van der Waals surface area contributed by atoms with E-state index in [0.29, 0.717) is 12.8 Å². The van der Waals surface area contributed by atoms with Gasteiger partial charge in [0.1, 0.15) is 17.2 Å². The number of piperidine rings is 1. The predicted molar refractivity (Wildman–Crippen MR) is 101 cm³/mol. The van der Waals surface area contributed by atoms with E-state index < -0.39 is 16.0 Å². The zero-order valence-electron chi connectivity index (χ0n) is 16.5. The number of likely N-dealkylation sites (N-methyl/N-ethyl adjacent to an activating group) is 1. The lowest BCUT2D eigenvalue weighted by molar-refractivity contribution is -0.124. The topological polar surface area (TPSA) is 114 Å². The lowest BCUT2D eigenvalue weighted by atomic mass is 10.1. The average molecular weight is 425 g/mol. The monoisotopic (exact) mass is 425 g/mol. The van der Waals surface area contributed by atoms with Crippen LogP contribution in [0.2, 0.25) is 0 Å². The number of rotatable bonds is 5. The maximum Gasteiger partial charge on any atom is 0.337 e. The van der Waals surface area contributed by atoms with Crippen molar-refractivity contribution in [2.24, 2.45) is 0 Å². The molecule has 2 saturated heterocycles. The van der Waals surface area contributed by atoms with Gasteiger partial charge < -0.3 is 14.4 Å². The molecule has 0 bridgehead atoms. The lowest BCUT2D eigenvalue weighted by Crippen LogP contribution is -2.47. The van der Waals surface area contributed by atoms with Crippen molar-refractivity contribution >= 4 is 27.9 Å². The van der Waals surface area contributed by atoms with E-state index in [9.17, 15) is 22.8 Å². The van der Waals surface area contributed by atoms with E-state index in [-0.39, 0.29) is 53.8 Å². The molecule has 0 aromatic heterocycles. The predicted octanol–water partition coefficient (Wildman–Crippen LogP) is 0.529. The number of ether oxygens (including phenoxy) is 2. The van der Waals surface area contributed by atoms with Crippen LogP contribution in [0.5, 0.6) is 5.75 Å². The van der Waals surface area contributed by atoms with Crippen LogP contribution in [0.15, 0.2) is 23.1 Å². The first kappa shape index (κ1) is 21.1. The number of esters is 1. The molecule has 2 aliphatic rings. The molecule has 29 heavy (non-hydrogen) atoms. The number of amides is 3. The molecular formula is C18H23N3O7S. The summed E-state index contributed by atoms with van der Waals surface area (Å²) in [5, 5.41) is 0. The molecule has 3 amide bonds. The molecule has 0 unspecified atom stereocenters. The molecule has 11 heteroatoms. The van der Waals surface area contributed by atoms with Gasteiger partial charge in [0, 0.05) is 26.2 Å². The Bertz CT molecular complexity index is 939. The van der Waals surface area contributed by atoms with Crippen LogP contribution in [-0.4, -0.2) is 87.4 Å². The smallest absolute Gasteiger partial charge is 0.337 e. The van der Waals surface area contributed by atoms with Crippen molar-refractivity contribution in [3.8, 4) is 5.75 Å². The minimum atomic E-state index is -3.93. The molecule has 0 saturated carbocycles. The number of hydrogen-bond donors (Lipinski definition) is 0. The number of methoxy groups -OCH3 is 2. The molecule has 0 atom stereocenters. The second kappa shape index (κ2) is 7.99. The van der Waals surface area contributed by atoms with E-state index in [1.807, 2.05) is 0 Å². The highest BCUT2D eigenvalue weighted by molar-refractivity contribution is 7.89. The number of hydrogen-bond acceptors (Lipinski definition) is 7. The normalized spacial score (nSPS) is 19.0. The van der Waals surface area contributed by atoms with Gasteiger partial charge in [0.2, 0.25) is 15.9 Å². The summed E-state index contributed by atoms with van der Waals surface area (Å²) in [6.45, 7) is 0.377. The molecule has 0 spiro atoms. The Morgan fingerprint density at radius 3 is 2.31 bits per heavy atom. The Morgan fingerprint density at radius 2 is 1.79 bits per heavy atom. The molecule has 2 heterocycles. The molecule has 1 aromatic rings. The van der Waals surface area contributed by atoms with E-state index in [1.54, 1.807) is 0 Å². The van der Waals surface area contributed by atoms with Crippen LogP contribution in [0.3, 0.4) is 0 Å². The standard InChI is InChI=1S/C18H23N3O7S/c1-19-16(22)11-21(18(19)24)13-6-8-20(9-7-13)29(25,26)15-10-12(17(23)28-3)4-5-14(15)27-2/h4-5,10,13H,6-9,11H2,1-3H3. The van der Waals surface area contributed by atoms with Gasteiger partial charge in [-0.2, -0.15) is 4.31 Å². The SMILES string of the molecule is COC(=O)c1ccc(OC)c(S(=O)(=O)N2CCC(N3CC(=O)N(C)C3=O)CC2)c1. The number of carbonyl (C=O) groups excluding carboxylic acids is 3. The van der Waals surface area contributed by atoms with Crippen LogP contribution in [0.25, 0.3) is 0 Å². The Balaban J connectivity index is 1.79. The summed E-state index contributed by atoms with van der Waals surface area (Å²) in [7, 11) is 0.0718. The molecule has 2 fully saturated rings. The van der Waals surface area contributed by atoms with Crippen LogP contribution >= 0.6 is 0 Å². The summed E-state index contributed by atoms with van der Waals surface area (Å²) in [6.07, 6.45) is 0.816. The van der Waals surface area contributed by atoms with E-state index in [4.69, 9.17) is 4.74 Å². The highest BCUT2D eigenvalue weighted by atomic mass is 32.2. The van der Waals surface area contributed by atoms with E-state index in [1.165, 1.54) is 48.7 Å². The van der Waals surface area contributed by atoms with Gasteiger partial charge in [-0.05, 0) is 31.0 Å². The van der Waals surface area contributed by atoms with Crippen molar-refractivity contribution in [1.82, 2.24) is 14.1 Å². The highest BCUT2D eigenvalue weighted by Crippen LogP contribution is 2.31. The van der Waals surface area contributed by atoms with Gasteiger partial charge >= 0.3 is 12.0 Å². The third-order valence-corrected chi connectivity index (χ3v) is 7.20. The highest BCUT2D eigenvalue weighted by Gasteiger charge is 2.40. The molecule has 10 nitrogen and oxygen atoms in total. The second-order valence-corrected chi connectivity index (χ2v) is 8.76. The van der Waals surface area contributed by atoms with Crippen LogP contribution in [0.1, 0.15) is 23.2 Å². The quantitative estimate of drug-likeness (QED) is 0.499. The zero-order chi connectivity index (χ0) is 21.3. The van der Waals surface area contributed by atoms with E-state index >= 15 is 0 Å². The molecule has 1 aromatic carbocycles. The van der Waals surface area contributed by atoms with Gasteiger partial charge in [0.15, 0.2) is 0 Å². The fourth-order valence-corrected chi connectivity index (χ4v) is 5.21. The molecule has 158 valence electrons. The third-order valence-electron chi connectivity index (χ3n) is 5.28. The fourth-order valence-electron chi connectivity index (χ4n) is 3.56. The fraction of sp³-hybridized carbons (Fsp3) is 0.500. The second-order valence-electron chi connectivity index (χ2n) is 6.86. The van der Waals surface area contributed by atoms with Crippen molar-refractivity contribution < 1.29 is 32.3 Å². The van der Waals surface area contributed by atoms with Gasteiger partial charge in [-0.15, -0.1) is 0 Å². The molecule has 2 aliphatic heterocycles. The first-order chi connectivity index (χ1) is 13.7. The third kappa shape index (κ3) is 3.79. The summed E-state index contributed by atoms with van der Waals surface area (Å²) in [4.78, 5) is 38.2. The van der Waals surface area contributed by atoms with Crippen molar-refractivity contribution in [2.75, 3.05) is 40.9 Å². The molecule has 0 N–H and O–H groups in total. The van der Waals surface area contributed by atoms with E-state index in [2.05, 4.69) is 4.74 Å². The number of imide groups is 1. The summed E-state index contributed by atoms with van der Waals surface area (Å²) < 4.78 is 37.5. The summed E-state index contributed by atoms with van der Waals surface area (Å²) in [6, 6.07) is 3.53. The summed E-state index contributed by atoms with van der Waals surface area (Å²) >= 11 is 0. The lowest BCUT2D eigenvalue weighted by Gasteiger charge is -2.35. The molecule has 0 aliphatic carbocycles. The zero-order valence-corrected chi connectivity index (χ0v) is 17.3. The molecule has 3 rings (SSSR count). The maximum absolute atomic E-state index is 13.2. The number of benzene rings is 1. The minimum Gasteiger partial charge on any atom is -0.495 e. The summed E-state index contributed by atoms with van der Waals surface area (Å²) in [5.41, 5.74) is 0.103. The Labute approximate surface area is 169 Å². The van der Waals surface area contributed by atoms with Crippen LogP contribution in [0, 0.1) is 0 Å². The minimum absolute atomic E-state index is 0.0156. The van der Waals surface area contributed by atoms with Crippen molar-refractivity contribution in [2.45, 2.75) is 23.8 Å². The van der Waals surface area contributed by atoms with Crippen LogP contribution in [0.4, 0.5) is 4.79 Å². The molecular weight excluding hydrogens is 402 g/mol. The van der Waals surface area contributed by atoms with Crippen molar-refractivity contribution in [3.05, 3.63) is 23.8 Å². The first-order valence-corrected chi connectivity index (χ1v) is 10.5. The Hall–Kier alpha value is -2.66. The van der Waals surface area contributed by atoms with E-state index in [0.717, 1.165) is 4.90 Å².